The van der Waals surface area contributed by atoms with Crippen molar-refractivity contribution in [1.82, 2.24) is 10.2 Å². The van der Waals surface area contributed by atoms with Crippen molar-refractivity contribution < 1.29 is 24.2 Å². The molecule has 8 nitrogen and oxygen atoms in total. The molecule has 3 atom stereocenters. The zero-order valence-electron chi connectivity index (χ0n) is 23.4. The van der Waals surface area contributed by atoms with Gasteiger partial charge in [-0.3, -0.25) is 9.59 Å². The number of nitrogens with zero attached hydrogens (tertiary/aromatic N) is 1. The molecule has 2 rings (SSSR count). The molecular weight excluding hydrogens is 502 g/mol. The van der Waals surface area contributed by atoms with Crippen LogP contribution in [0.4, 0.5) is 10.5 Å². The highest BCUT2D eigenvalue weighted by atomic mass is 32.2. The summed E-state index contributed by atoms with van der Waals surface area (Å²) in [5.74, 6) is -0.0886. The first-order valence-corrected chi connectivity index (χ1v) is 14.2. The highest BCUT2D eigenvalue weighted by Crippen LogP contribution is 2.29. The van der Waals surface area contributed by atoms with Crippen LogP contribution in [0, 0.1) is 6.92 Å². The number of rotatable bonds is 11. The number of amides is 3. The van der Waals surface area contributed by atoms with Crippen molar-refractivity contribution in [3.63, 3.8) is 0 Å². The van der Waals surface area contributed by atoms with Crippen molar-refractivity contribution in [2.45, 2.75) is 78.1 Å². The molecule has 0 saturated heterocycles. The van der Waals surface area contributed by atoms with Crippen LogP contribution in [0.15, 0.2) is 48.5 Å². The topological polar surface area (TPSA) is 108 Å². The van der Waals surface area contributed by atoms with E-state index in [2.05, 4.69) is 10.6 Å². The summed E-state index contributed by atoms with van der Waals surface area (Å²) in [4.78, 5) is 42.3. The van der Waals surface area contributed by atoms with E-state index in [9.17, 15) is 19.5 Å². The summed E-state index contributed by atoms with van der Waals surface area (Å²) in [6.45, 7) is 11.0. The van der Waals surface area contributed by atoms with Gasteiger partial charge >= 0.3 is 6.09 Å². The molecule has 3 amide bonds. The van der Waals surface area contributed by atoms with Gasteiger partial charge in [0.2, 0.25) is 5.91 Å². The van der Waals surface area contributed by atoms with Gasteiger partial charge in [-0.1, -0.05) is 37.3 Å². The van der Waals surface area contributed by atoms with E-state index in [1.54, 1.807) is 49.6 Å². The average Bonchev–Trinajstić information content (AvgIpc) is 2.85. The minimum atomic E-state index is -1.00. The number of phenolic OH excluding ortho intramolecular Hbond substituents is 1. The minimum absolute atomic E-state index is 0.0534. The molecule has 0 aromatic heterocycles. The number of hydrogen-bond donors (Lipinski definition) is 3. The molecule has 208 valence electrons. The second kappa shape index (κ2) is 14.1. The molecule has 0 aliphatic carbocycles. The van der Waals surface area contributed by atoms with E-state index in [-0.39, 0.29) is 23.6 Å². The van der Waals surface area contributed by atoms with E-state index >= 15 is 0 Å². The Morgan fingerprint density at radius 1 is 1.08 bits per heavy atom. The molecule has 3 unspecified atom stereocenters. The number of alkyl carbamates (subject to hydrolysis) is 1. The fraction of sp³-hybridized carbons (Fsp3) is 0.483. The zero-order valence-corrected chi connectivity index (χ0v) is 24.2. The summed E-state index contributed by atoms with van der Waals surface area (Å²) in [6.07, 6.45) is 2.19. The number of aromatic hydroxyl groups is 1. The number of aryl methyl sites for hydroxylation is 1. The Balaban J connectivity index is 2.54. The highest BCUT2D eigenvalue weighted by molar-refractivity contribution is 7.98. The molecule has 9 heteroatoms. The zero-order chi connectivity index (χ0) is 28.5. The Hall–Kier alpha value is -3.20. The van der Waals surface area contributed by atoms with Crippen LogP contribution in [0.25, 0.3) is 0 Å². The first-order valence-electron chi connectivity index (χ1n) is 12.8. The van der Waals surface area contributed by atoms with Gasteiger partial charge in [0.25, 0.3) is 5.91 Å². The monoisotopic (exact) mass is 543 g/mol. The quantitative estimate of drug-likeness (QED) is 0.338. The smallest absolute Gasteiger partial charge is 0.408 e. The molecule has 2 aromatic rings. The fourth-order valence-corrected chi connectivity index (χ4v) is 4.40. The van der Waals surface area contributed by atoms with Crippen LogP contribution >= 0.6 is 11.8 Å². The normalized spacial score (nSPS) is 13.7. The van der Waals surface area contributed by atoms with Crippen molar-refractivity contribution >= 4 is 35.4 Å². The van der Waals surface area contributed by atoms with Gasteiger partial charge in [0.15, 0.2) is 0 Å². The molecule has 0 radical (unpaired) electrons. The number of thioether (sulfide) groups is 1. The molecule has 0 bridgehead atoms. The lowest BCUT2D eigenvalue weighted by Crippen LogP contribution is -2.55. The Morgan fingerprint density at radius 3 is 2.26 bits per heavy atom. The Labute approximate surface area is 230 Å². The van der Waals surface area contributed by atoms with Gasteiger partial charge < -0.3 is 25.4 Å². The SMILES string of the molecule is CCC(C)N(C(=O)C(CCSC)NC(=O)OC(C)(C)C)C(C(=O)Nc1ccccc1C)c1ccc(O)cc1. The van der Waals surface area contributed by atoms with Gasteiger partial charge in [0.05, 0.1) is 0 Å². The molecule has 0 aliphatic rings. The van der Waals surface area contributed by atoms with Crippen LogP contribution in [-0.4, -0.2) is 57.6 Å². The number of carbonyl (C=O) groups is 3. The molecule has 0 saturated carbocycles. The number of nitrogens with one attached hydrogen (secondary N) is 2. The number of benzene rings is 2. The van der Waals surface area contributed by atoms with Crippen molar-refractivity contribution in [3.05, 3.63) is 59.7 Å². The first-order chi connectivity index (χ1) is 17.9. The van der Waals surface area contributed by atoms with E-state index < -0.39 is 23.8 Å². The lowest BCUT2D eigenvalue weighted by molar-refractivity contribution is -0.143. The molecule has 0 spiro atoms. The van der Waals surface area contributed by atoms with Crippen molar-refractivity contribution in [1.29, 1.82) is 0 Å². The first kappa shape index (κ1) is 31.0. The van der Waals surface area contributed by atoms with Gasteiger partial charge in [0.1, 0.15) is 23.4 Å². The van der Waals surface area contributed by atoms with Crippen LogP contribution in [0.5, 0.6) is 5.75 Å². The summed E-state index contributed by atoms with van der Waals surface area (Å²) in [7, 11) is 0. The number of para-hydroxylation sites is 1. The maximum Gasteiger partial charge on any atom is 0.408 e. The summed E-state index contributed by atoms with van der Waals surface area (Å²) in [5.41, 5.74) is 1.35. The third kappa shape index (κ3) is 8.97. The summed E-state index contributed by atoms with van der Waals surface area (Å²) < 4.78 is 5.43. The number of ether oxygens (including phenoxy) is 1. The number of phenols is 1. The summed E-state index contributed by atoms with van der Waals surface area (Å²) >= 11 is 1.56. The summed E-state index contributed by atoms with van der Waals surface area (Å²) in [6, 6.07) is 11.5. The Morgan fingerprint density at radius 2 is 1.71 bits per heavy atom. The molecule has 3 N–H and O–H groups in total. The molecule has 0 fully saturated rings. The lowest BCUT2D eigenvalue weighted by atomic mass is 9.99. The third-order valence-electron chi connectivity index (χ3n) is 6.06. The lowest BCUT2D eigenvalue weighted by Gasteiger charge is -2.38. The molecular formula is C29H41N3O5S. The van der Waals surface area contributed by atoms with Crippen LogP contribution < -0.4 is 10.6 Å². The predicted molar refractivity (Wildman–Crippen MR) is 153 cm³/mol. The van der Waals surface area contributed by atoms with E-state index in [0.717, 1.165) is 5.56 Å². The molecule has 38 heavy (non-hydrogen) atoms. The number of carbonyl (C=O) groups excluding carboxylic acids is 3. The van der Waals surface area contributed by atoms with Crippen molar-refractivity contribution in [2.75, 3.05) is 17.3 Å². The van der Waals surface area contributed by atoms with Crippen LogP contribution in [0.1, 0.15) is 64.6 Å². The number of hydrogen-bond acceptors (Lipinski definition) is 6. The Kier molecular flexibility index (Phi) is 11.5. The summed E-state index contributed by atoms with van der Waals surface area (Å²) in [5, 5.41) is 15.6. The Bertz CT molecular complexity index is 1080. The number of anilines is 1. The molecule has 0 aliphatic heterocycles. The van der Waals surface area contributed by atoms with E-state index in [1.165, 1.54) is 12.1 Å². The van der Waals surface area contributed by atoms with Gasteiger partial charge in [-0.05, 0) is 88.8 Å². The van der Waals surface area contributed by atoms with Crippen molar-refractivity contribution in [3.8, 4) is 5.75 Å². The van der Waals surface area contributed by atoms with E-state index in [0.29, 0.717) is 29.8 Å². The second-order valence-corrected chi connectivity index (χ2v) is 11.3. The molecule has 0 heterocycles. The van der Waals surface area contributed by atoms with Gasteiger partial charge in [-0.25, -0.2) is 4.79 Å². The average molecular weight is 544 g/mol. The maximum atomic E-state index is 14.2. The van der Waals surface area contributed by atoms with E-state index in [1.807, 2.05) is 51.3 Å². The fourth-order valence-electron chi connectivity index (χ4n) is 3.93. The van der Waals surface area contributed by atoms with Gasteiger partial charge in [-0.2, -0.15) is 11.8 Å². The minimum Gasteiger partial charge on any atom is -0.508 e. The van der Waals surface area contributed by atoms with Crippen LogP contribution in [0.3, 0.4) is 0 Å². The van der Waals surface area contributed by atoms with Crippen LogP contribution in [-0.2, 0) is 14.3 Å². The van der Waals surface area contributed by atoms with Crippen molar-refractivity contribution in [2.24, 2.45) is 0 Å². The second-order valence-electron chi connectivity index (χ2n) is 10.3. The third-order valence-corrected chi connectivity index (χ3v) is 6.70. The highest BCUT2D eigenvalue weighted by Gasteiger charge is 2.38. The van der Waals surface area contributed by atoms with Gasteiger partial charge in [-0.15, -0.1) is 0 Å². The van der Waals surface area contributed by atoms with E-state index in [4.69, 9.17) is 4.74 Å². The largest absolute Gasteiger partial charge is 0.508 e. The van der Waals surface area contributed by atoms with Crippen LogP contribution in [0.2, 0.25) is 0 Å². The standard InChI is InChI=1S/C29H41N3O5S/c1-8-20(3)32(27(35)24(17-18-38-7)31-28(36)37-29(4,5)6)25(21-13-15-22(33)16-14-21)26(34)30-23-12-10-9-11-19(23)2/h9-16,20,24-25,33H,8,17-18H2,1-7H3,(H,30,34)(H,31,36). The van der Waals surface area contributed by atoms with Gasteiger partial charge in [0, 0.05) is 11.7 Å². The predicted octanol–water partition coefficient (Wildman–Crippen LogP) is 5.65. The molecule has 2 aromatic carbocycles. The maximum absolute atomic E-state index is 14.2.